The number of H-pyrrole nitrogens is 1. The van der Waals surface area contributed by atoms with Crippen LogP contribution in [0.25, 0.3) is 6.08 Å². The average Bonchev–Trinajstić information content (AvgIpc) is 3.51. The van der Waals surface area contributed by atoms with Gasteiger partial charge in [0.25, 0.3) is 5.56 Å². The van der Waals surface area contributed by atoms with Crippen molar-refractivity contribution in [1.82, 2.24) is 14.6 Å². The van der Waals surface area contributed by atoms with Gasteiger partial charge in [-0.2, -0.15) is 5.09 Å². The van der Waals surface area contributed by atoms with Gasteiger partial charge in [-0.15, -0.1) is 0 Å². The lowest BCUT2D eigenvalue weighted by atomic mass is 10.00. The van der Waals surface area contributed by atoms with Crippen molar-refractivity contribution in [2.75, 3.05) is 13.7 Å². The molecule has 2 fully saturated rings. The number of aromatic nitrogens is 2. The number of benzene rings is 1. The van der Waals surface area contributed by atoms with E-state index in [1.807, 2.05) is 0 Å². The van der Waals surface area contributed by atoms with Crippen molar-refractivity contribution < 1.29 is 33.0 Å². The molecular formula is C24H29BrN3O9P. The zero-order chi connectivity index (χ0) is 27.3. The van der Waals surface area contributed by atoms with Gasteiger partial charge in [0.1, 0.15) is 23.6 Å². The van der Waals surface area contributed by atoms with Crippen LogP contribution in [0.4, 0.5) is 0 Å². The predicted molar refractivity (Wildman–Crippen MR) is 141 cm³/mol. The number of carbonyl (C=O) groups excluding carboxylic acids is 1. The summed E-state index contributed by atoms with van der Waals surface area (Å²) in [5.41, 5.74) is -2.33. The second-order valence-electron chi connectivity index (χ2n) is 9.07. The summed E-state index contributed by atoms with van der Waals surface area (Å²) in [5, 5.41) is 13.5. The first kappa shape index (κ1) is 28.5. The molecule has 0 bridgehead atoms. The van der Waals surface area contributed by atoms with Crippen LogP contribution in [0.5, 0.6) is 5.75 Å². The van der Waals surface area contributed by atoms with Crippen molar-refractivity contribution >= 4 is 35.7 Å². The minimum Gasteiger partial charge on any atom is -0.468 e. The van der Waals surface area contributed by atoms with Gasteiger partial charge in [0.2, 0.25) is 0 Å². The lowest BCUT2D eigenvalue weighted by Crippen LogP contribution is -2.50. The van der Waals surface area contributed by atoms with Crippen LogP contribution >= 0.6 is 23.7 Å². The van der Waals surface area contributed by atoms with E-state index in [1.54, 1.807) is 30.3 Å². The van der Waals surface area contributed by atoms with Gasteiger partial charge in [0.15, 0.2) is 0 Å². The molecule has 1 aliphatic heterocycles. The maximum Gasteiger partial charge on any atom is 0.459 e. The lowest BCUT2D eigenvalue weighted by molar-refractivity contribution is -0.147. The van der Waals surface area contributed by atoms with Crippen LogP contribution in [0, 0.1) is 0 Å². The van der Waals surface area contributed by atoms with Gasteiger partial charge in [0, 0.05) is 12.6 Å². The highest BCUT2D eigenvalue weighted by atomic mass is 79.9. The molecule has 0 radical (unpaired) electrons. The molecule has 1 aromatic heterocycles. The third-order valence-corrected chi connectivity index (χ3v) is 8.42. The zero-order valence-corrected chi connectivity index (χ0v) is 23.1. The third kappa shape index (κ3) is 6.36. The Balaban J connectivity index is 1.54. The highest BCUT2D eigenvalue weighted by molar-refractivity contribution is 9.11. The van der Waals surface area contributed by atoms with Crippen molar-refractivity contribution in [3.8, 4) is 5.75 Å². The van der Waals surface area contributed by atoms with Crippen LogP contribution < -0.4 is 20.9 Å². The minimum absolute atomic E-state index is 0.0147. The molecule has 38 heavy (non-hydrogen) atoms. The average molecular weight is 614 g/mol. The molecule has 2 heterocycles. The summed E-state index contributed by atoms with van der Waals surface area (Å²) in [4.78, 5) is 40.7. The van der Waals surface area contributed by atoms with Gasteiger partial charge in [-0.1, -0.05) is 47.0 Å². The Morgan fingerprint density at radius 1 is 1.32 bits per heavy atom. The van der Waals surface area contributed by atoms with Gasteiger partial charge < -0.3 is 19.1 Å². The molecule has 4 rings (SSSR count). The number of halogens is 1. The fourth-order valence-electron chi connectivity index (χ4n) is 4.61. The fourth-order valence-corrected chi connectivity index (χ4v) is 6.64. The number of ether oxygens (including phenoxy) is 2. The van der Waals surface area contributed by atoms with Gasteiger partial charge in [0.05, 0.1) is 25.4 Å². The number of carbonyl (C=O) groups is 1. The SMILES string of the molecule is COC(=O)C1(NP(=O)(OCC2O[C@@H](n3cc(/C=C/Br)c(=O)[nH]c3=O)C[C@H]2O)Oc2ccccc2)CCCC1. The molecule has 3 N–H and O–H groups in total. The molecule has 2 unspecified atom stereocenters. The first-order valence-electron chi connectivity index (χ1n) is 12.0. The first-order chi connectivity index (χ1) is 18.2. The number of nitrogens with one attached hydrogen (secondary N) is 2. The van der Waals surface area contributed by atoms with Gasteiger partial charge >= 0.3 is 19.4 Å². The Kier molecular flexibility index (Phi) is 9.07. The Morgan fingerprint density at radius 2 is 2.03 bits per heavy atom. The molecule has 0 amide bonds. The fraction of sp³-hybridized carbons (Fsp3) is 0.458. The smallest absolute Gasteiger partial charge is 0.459 e. The van der Waals surface area contributed by atoms with Crippen LogP contribution in [0.2, 0.25) is 0 Å². The summed E-state index contributed by atoms with van der Waals surface area (Å²) in [5.74, 6) is -0.322. The largest absolute Gasteiger partial charge is 0.468 e. The number of methoxy groups -OCH3 is 1. The minimum atomic E-state index is -4.20. The monoisotopic (exact) mass is 613 g/mol. The molecule has 14 heteroatoms. The Hall–Kier alpha value is -2.54. The third-order valence-electron chi connectivity index (χ3n) is 6.51. The summed E-state index contributed by atoms with van der Waals surface area (Å²) in [6.45, 7) is -0.377. The second-order valence-corrected chi connectivity index (χ2v) is 11.3. The first-order valence-corrected chi connectivity index (χ1v) is 14.5. The quantitative estimate of drug-likeness (QED) is 0.269. The van der Waals surface area contributed by atoms with E-state index < -0.39 is 48.9 Å². The zero-order valence-electron chi connectivity index (χ0n) is 20.6. The van der Waals surface area contributed by atoms with Crippen molar-refractivity contribution in [3.05, 3.63) is 67.9 Å². The van der Waals surface area contributed by atoms with E-state index in [4.69, 9.17) is 18.5 Å². The predicted octanol–water partition coefficient (Wildman–Crippen LogP) is 2.83. The molecular weight excluding hydrogens is 585 g/mol. The summed E-state index contributed by atoms with van der Waals surface area (Å²) < 4.78 is 37.4. The molecule has 12 nitrogen and oxygen atoms in total. The van der Waals surface area contributed by atoms with Crippen LogP contribution in [0.15, 0.2) is 51.1 Å². The van der Waals surface area contributed by atoms with E-state index in [1.165, 1.54) is 24.4 Å². The Bertz CT molecular complexity index is 1320. The van der Waals surface area contributed by atoms with Crippen LogP contribution in [0.3, 0.4) is 0 Å². The number of rotatable bonds is 10. The van der Waals surface area contributed by atoms with Crippen LogP contribution in [-0.4, -0.2) is 52.1 Å². The highest BCUT2D eigenvalue weighted by Gasteiger charge is 2.49. The molecule has 2 aromatic rings. The van der Waals surface area contributed by atoms with E-state index in [0.717, 1.165) is 17.4 Å². The second kappa shape index (κ2) is 12.1. The van der Waals surface area contributed by atoms with Gasteiger partial charge in [-0.3, -0.25) is 23.7 Å². The van der Waals surface area contributed by atoms with E-state index in [-0.39, 0.29) is 24.3 Å². The van der Waals surface area contributed by atoms with Crippen molar-refractivity contribution in [1.29, 1.82) is 0 Å². The summed E-state index contributed by atoms with van der Waals surface area (Å²) in [6.07, 6.45) is 2.03. The van der Waals surface area contributed by atoms with E-state index >= 15 is 0 Å². The molecule has 2 aliphatic rings. The Morgan fingerprint density at radius 3 is 2.68 bits per heavy atom. The number of aliphatic hydroxyl groups excluding tert-OH is 1. The molecule has 0 spiro atoms. The van der Waals surface area contributed by atoms with E-state index in [0.29, 0.717) is 12.8 Å². The summed E-state index contributed by atoms with van der Waals surface area (Å²) in [7, 11) is -2.94. The standard InChI is InChI=1S/C24H29BrN3O9P/c1-34-22(31)24(10-5-6-11-24)27-38(33,37-17-7-3-2-4-8-17)35-15-19-18(29)13-20(36-19)28-14-16(9-12-25)21(30)26-23(28)32/h2-4,7-9,12,14,18-20,29H,5-6,10-11,13,15H2,1H3,(H,27,33)(H,26,30,32)/b12-9+/t18-,19?,20-,38?/m1/s1. The number of hydrogen-bond acceptors (Lipinski definition) is 9. The summed E-state index contributed by atoms with van der Waals surface area (Å²) >= 11 is 3.10. The van der Waals surface area contributed by atoms with Crippen molar-refractivity contribution in [2.24, 2.45) is 0 Å². The van der Waals surface area contributed by atoms with Gasteiger partial charge in [-0.25, -0.2) is 9.36 Å². The number of hydrogen-bond donors (Lipinski definition) is 3. The number of aliphatic hydroxyl groups is 1. The van der Waals surface area contributed by atoms with Crippen molar-refractivity contribution in [3.63, 3.8) is 0 Å². The molecule has 4 atom stereocenters. The van der Waals surface area contributed by atoms with E-state index in [9.17, 15) is 24.1 Å². The molecule has 1 saturated carbocycles. The topological polar surface area (TPSA) is 158 Å². The maximum absolute atomic E-state index is 14.0. The number of aromatic amines is 1. The normalized spacial score (nSPS) is 24.3. The van der Waals surface area contributed by atoms with Crippen molar-refractivity contribution in [2.45, 2.75) is 56.1 Å². The number of para-hydroxylation sites is 1. The lowest BCUT2D eigenvalue weighted by Gasteiger charge is -2.31. The highest BCUT2D eigenvalue weighted by Crippen LogP contribution is 2.50. The molecule has 206 valence electrons. The number of esters is 1. The van der Waals surface area contributed by atoms with Crippen LogP contribution in [0.1, 0.15) is 43.9 Å². The maximum atomic E-state index is 14.0. The molecule has 1 saturated heterocycles. The molecule has 1 aromatic carbocycles. The molecule has 1 aliphatic carbocycles. The van der Waals surface area contributed by atoms with Gasteiger partial charge in [-0.05, 0) is 36.0 Å². The van der Waals surface area contributed by atoms with E-state index in [2.05, 4.69) is 26.0 Å². The van der Waals surface area contributed by atoms with Crippen LogP contribution in [-0.2, 0) is 23.4 Å². The Labute approximate surface area is 226 Å². The number of nitrogens with zero attached hydrogens (tertiary/aromatic N) is 1. The summed E-state index contributed by atoms with van der Waals surface area (Å²) in [6, 6.07) is 8.34.